The third-order valence-corrected chi connectivity index (χ3v) is 4.71. The van der Waals surface area contributed by atoms with E-state index < -0.39 is 5.82 Å². The molecule has 1 saturated heterocycles. The van der Waals surface area contributed by atoms with Crippen molar-refractivity contribution in [2.45, 2.75) is 18.9 Å². The molecule has 0 amide bonds. The number of piperidine rings is 1. The molecule has 3 nitrogen and oxygen atoms in total. The minimum absolute atomic E-state index is 0.0662. The molecule has 3 rings (SSSR count). The lowest BCUT2D eigenvalue weighted by atomic mass is 9.88. The zero-order chi connectivity index (χ0) is 16.9. The maximum Gasteiger partial charge on any atom is 0.144 e. The average molecular weight is 345 g/mol. The predicted molar refractivity (Wildman–Crippen MR) is 91.5 cm³/mol. The van der Waals surface area contributed by atoms with Crippen molar-refractivity contribution in [3.8, 4) is 11.8 Å². The highest BCUT2D eigenvalue weighted by Crippen LogP contribution is 2.37. The van der Waals surface area contributed by atoms with Gasteiger partial charge in [-0.3, -0.25) is 0 Å². The summed E-state index contributed by atoms with van der Waals surface area (Å²) in [6.45, 7) is 1.81. The summed E-state index contributed by atoms with van der Waals surface area (Å²) < 4.78 is 20.0. The van der Waals surface area contributed by atoms with E-state index in [1.165, 1.54) is 6.07 Å². The second-order valence-electron chi connectivity index (χ2n) is 5.87. The molecule has 2 aromatic rings. The molecule has 124 valence electrons. The summed E-state index contributed by atoms with van der Waals surface area (Å²) in [5, 5.41) is 13.2. The van der Waals surface area contributed by atoms with Crippen LogP contribution < -0.4 is 10.1 Å². The highest BCUT2D eigenvalue weighted by molar-refractivity contribution is 6.31. The van der Waals surface area contributed by atoms with E-state index in [-0.39, 0.29) is 23.3 Å². The van der Waals surface area contributed by atoms with Gasteiger partial charge in [-0.05, 0) is 44.1 Å². The number of halogens is 2. The number of hydrogen-bond donors (Lipinski definition) is 1. The first-order valence-corrected chi connectivity index (χ1v) is 8.39. The van der Waals surface area contributed by atoms with Crippen molar-refractivity contribution in [3.63, 3.8) is 0 Å². The maximum absolute atomic E-state index is 13.9. The topological polar surface area (TPSA) is 45.0 Å². The third-order valence-electron chi connectivity index (χ3n) is 4.36. The third kappa shape index (κ3) is 3.53. The van der Waals surface area contributed by atoms with E-state index >= 15 is 0 Å². The van der Waals surface area contributed by atoms with E-state index in [0.717, 1.165) is 31.5 Å². The Bertz CT molecular complexity index is 753. The van der Waals surface area contributed by atoms with Crippen LogP contribution in [0.2, 0.25) is 5.02 Å². The van der Waals surface area contributed by atoms with Gasteiger partial charge in [-0.2, -0.15) is 5.26 Å². The van der Waals surface area contributed by atoms with Crippen LogP contribution in [0.4, 0.5) is 4.39 Å². The Morgan fingerprint density at radius 1 is 1.17 bits per heavy atom. The lowest BCUT2D eigenvalue weighted by molar-refractivity contribution is 0.112. The first-order valence-electron chi connectivity index (χ1n) is 8.01. The van der Waals surface area contributed by atoms with Crippen molar-refractivity contribution in [3.05, 3.63) is 64.4 Å². The summed E-state index contributed by atoms with van der Waals surface area (Å²) in [6.07, 6.45) is 1.56. The molecule has 1 atom stereocenters. The molecule has 1 aliphatic heterocycles. The van der Waals surface area contributed by atoms with Crippen molar-refractivity contribution in [2.24, 2.45) is 5.92 Å². The Morgan fingerprint density at radius 3 is 2.62 bits per heavy atom. The number of nitrogens with one attached hydrogen (secondary N) is 1. The van der Waals surface area contributed by atoms with Gasteiger partial charge in [0.2, 0.25) is 0 Å². The minimum atomic E-state index is -0.571. The summed E-state index contributed by atoms with van der Waals surface area (Å²) in [6, 6.07) is 13.9. The number of benzene rings is 2. The Balaban J connectivity index is 1.98. The first kappa shape index (κ1) is 16.8. The lowest BCUT2D eigenvalue weighted by Gasteiger charge is -2.32. The Morgan fingerprint density at radius 2 is 1.92 bits per heavy atom. The first-order chi connectivity index (χ1) is 11.7. The van der Waals surface area contributed by atoms with Gasteiger partial charge in [0.1, 0.15) is 29.3 Å². The van der Waals surface area contributed by atoms with E-state index in [9.17, 15) is 9.65 Å². The van der Waals surface area contributed by atoms with Gasteiger partial charge >= 0.3 is 0 Å². The normalized spacial score (nSPS) is 16.4. The molecule has 1 unspecified atom stereocenters. The number of hydrogen-bond acceptors (Lipinski definition) is 3. The van der Waals surface area contributed by atoms with Gasteiger partial charge in [0.15, 0.2) is 0 Å². The number of nitrogens with zero attached hydrogens (tertiary/aromatic N) is 1. The molecule has 0 bridgehead atoms. The largest absolute Gasteiger partial charge is 0.484 e. The lowest BCUT2D eigenvalue weighted by Crippen LogP contribution is -2.33. The second kappa shape index (κ2) is 7.65. The van der Waals surface area contributed by atoms with Crippen LogP contribution in [0.15, 0.2) is 42.5 Å². The van der Waals surface area contributed by atoms with Gasteiger partial charge in [-0.25, -0.2) is 4.39 Å². The van der Waals surface area contributed by atoms with Gasteiger partial charge in [-0.1, -0.05) is 35.9 Å². The van der Waals surface area contributed by atoms with Crippen LogP contribution in [0.25, 0.3) is 0 Å². The molecule has 0 aromatic heterocycles. The zero-order valence-electron chi connectivity index (χ0n) is 13.1. The molecule has 0 aliphatic carbocycles. The second-order valence-corrected chi connectivity index (χ2v) is 6.28. The van der Waals surface area contributed by atoms with Crippen LogP contribution in [-0.2, 0) is 0 Å². The van der Waals surface area contributed by atoms with Crippen LogP contribution >= 0.6 is 11.6 Å². The summed E-state index contributed by atoms with van der Waals surface area (Å²) in [4.78, 5) is 0. The van der Waals surface area contributed by atoms with Gasteiger partial charge in [0.05, 0.1) is 0 Å². The van der Waals surface area contributed by atoms with Crippen LogP contribution in [0.3, 0.4) is 0 Å². The molecule has 1 aliphatic rings. The smallest absolute Gasteiger partial charge is 0.144 e. The van der Waals surface area contributed by atoms with Crippen molar-refractivity contribution in [1.82, 2.24) is 5.32 Å². The quantitative estimate of drug-likeness (QED) is 0.890. The van der Waals surface area contributed by atoms with Gasteiger partial charge in [-0.15, -0.1) is 0 Å². The molecule has 2 aromatic carbocycles. The Kier molecular flexibility index (Phi) is 5.34. The van der Waals surface area contributed by atoms with E-state index in [4.69, 9.17) is 16.3 Å². The molecule has 1 N–H and O–H groups in total. The van der Waals surface area contributed by atoms with Crippen LogP contribution in [-0.4, -0.2) is 13.1 Å². The fraction of sp³-hybridized carbons (Fsp3) is 0.316. The van der Waals surface area contributed by atoms with Crippen LogP contribution in [0.5, 0.6) is 5.75 Å². The standard InChI is InChI=1S/C19H18ClFN2O/c20-16-5-2-1-4-14(16)19(13-8-10-23-11-9-13)24-18-7-3-6-17(21)15(18)12-22/h1-7,13,19,23H,8-11H2. The molecule has 0 spiro atoms. The van der Waals surface area contributed by atoms with Crippen LogP contribution in [0.1, 0.15) is 30.1 Å². The van der Waals surface area contributed by atoms with Crippen molar-refractivity contribution >= 4 is 11.6 Å². The molecule has 5 heteroatoms. The van der Waals surface area contributed by atoms with Gasteiger partial charge < -0.3 is 10.1 Å². The fourth-order valence-corrected chi connectivity index (χ4v) is 3.36. The van der Waals surface area contributed by atoms with Crippen molar-refractivity contribution < 1.29 is 9.13 Å². The number of nitriles is 1. The molecule has 1 fully saturated rings. The minimum Gasteiger partial charge on any atom is -0.484 e. The van der Waals surface area contributed by atoms with E-state index in [0.29, 0.717) is 5.02 Å². The Labute approximate surface area is 146 Å². The maximum atomic E-state index is 13.9. The highest BCUT2D eigenvalue weighted by atomic mass is 35.5. The number of rotatable bonds is 4. The van der Waals surface area contributed by atoms with Crippen molar-refractivity contribution in [1.29, 1.82) is 5.26 Å². The monoisotopic (exact) mass is 344 g/mol. The van der Waals surface area contributed by atoms with Crippen molar-refractivity contribution in [2.75, 3.05) is 13.1 Å². The molecule has 1 heterocycles. The average Bonchev–Trinajstić information content (AvgIpc) is 2.61. The summed E-state index contributed by atoms with van der Waals surface area (Å²) in [5.41, 5.74) is 0.808. The SMILES string of the molecule is N#Cc1c(F)cccc1OC(c1ccccc1Cl)C1CCNCC1. The zero-order valence-corrected chi connectivity index (χ0v) is 13.9. The predicted octanol–water partition coefficient (Wildman–Crippen LogP) is 4.47. The summed E-state index contributed by atoms with van der Waals surface area (Å²) >= 11 is 6.37. The van der Waals surface area contributed by atoms with E-state index in [1.807, 2.05) is 30.3 Å². The fourth-order valence-electron chi connectivity index (χ4n) is 3.11. The molecular formula is C19H18ClFN2O. The van der Waals surface area contributed by atoms with Gasteiger partial charge in [0, 0.05) is 16.5 Å². The Hall–Kier alpha value is -2.09. The van der Waals surface area contributed by atoms with E-state index in [1.54, 1.807) is 12.1 Å². The number of ether oxygens (including phenoxy) is 1. The van der Waals surface area contributed by atoms with E-state index in [2.05, 4.69) is 5.32 Å². The van der Waals surface area contributed by atoms with Crippen LogP contribution in [0, 0.1) is 23.1 Å². The molecule has 24 heavy (non-hydrogen) atoms. The summed E-state index contributed by atoms with van der Waals surface area (Å²) in [5.74, 6) is -0.0554. The molecular weight excluding hydrogens is 327 g/mol. The van der Waals surface area contributed by atoms with Gasteiger partial charge in [0.25, 0.3) is 0 Å². The molecule has 0 saturated carbocycles. The summed E-state index contributed by atoms with van der Waals surface area (Å²) in [7, 11) is 0. The molecule has 0 radical (unpaired) electrons. The highest BCUT2D eigenvalue weighted by Gasteiger charge is 2.29.